The van der Waals surface area contributed by atoms with Gasteiger partial charge in [-0.05, 0) is 73.3 Å². The Morgan fingerprint density at radius 3 is 2.65 bits per heavy atom. The third-order valence-electron chi connectivity index (χ3n) is 5.66. The van der Waals surface area contributed by atoms with Crippen molar-refractivity contribution >= 4 is 17.2 Å². The van der Waals surface area contributed by atoms with Crippen LogP contribution in [0.4, 0.5) is 0 Å². The highest BCUT2D eigenvalue weighted by Gasteiger charge is 2.28. The maximum Gasteiger partial charge on any atom is 0.290 e. The van der Waals surface area contributed by atoms with Gasteiger partial charge in [-0.2, -0.15) is 11.3 Å². The SMILES string of the molecule is O=C(c1ccc(CN2CCCC2)o1)N(Cc1ccsc1)C1CCCCC1. The van der Waals surface area contributed by atoms with E-state index in [0.29, 0.717) is 18.3 Å². The zero-order chi connectivity index (χ0) is 17.8. The van der Waals surface area contributed by atoms with Gasteiger partial charge >= 0.3 is 0 Å². The van der Waals surface area contributed by atoms with E-state index in [0.717, 1.165) is 38.2 Å². The van der Waals surface area contributed by atoms with Crippen LogP contribution >= 0.6 is 11.3 Å². The van der Waals surface area contributed by atoms with Crippen LogP contribution in [0.25, 0.3) is 0 Å². The van der Waals surface area contributed by atoms with Crippen molar-refractivity contribution < 1.29 is 9.21 Å². The molecule has 26 heavy (non-hydrogen) atoms. The number of hydrogen-bond acceptors (Lipinski definition) is 4. The van der Waals surface area contributed by atoms with Crippen molar-refractivity contribution in [2.24, 2.45) is 0 Å². The van der Waals surface area contributed by atoms with E-state index in [9.17, 15) is 4.79 Å². The second kappa shape index (κ2) is 8.40. The number of thiophene rings is 1. The van der Waals surface area contributed by atoms with Crippen LogP contribution < -0.4 is 0 Å². The fourth-order valence-electron chi connectivity index (χ4n) is 4.22. The fraction of sp³-hybridized carbons (Fsp3) is 0.571. The molecule has 2 aromatic rings. The molecule has 1 saturated carbocycles. The van der Waals surface area contributed by atoms with Crippen LogP contribution in [0.15, 0.2) is 33.4 Å². The average Bonchev–Trinajstić information content (AvgIpc) is 3.43. The highest BCUT2D eigenvalue weighted by molar-refractivity contribution is 7.07. The molecule has 4 nitrogen and oxygen atoms in total. The Balaban J connectivity index is 1.48. The molecular formula is C21H28N2O2S. The van der Waals surface area contributed by atoms with E-state index in [2.05, 4.69) is 26.6 Å². The van der Waals surface area contributed by atoms with Gasteiger partial charge in [0.2, 0.25) is 0 Å². The summed E-state index contributed by atoms with van der Waals surface area (Å²) in [6.07, 6.45) is 8.48. The summed E-state index contributed by atoms with van der Waals surface area (Å²) < 4.78 is 5.97. The largest absolute Gasteiger partial charge is 0.455 e. The molecule has 0 N–H and O–H groups in total. The zero-order valence-electron chi connectivity index (χ0n) is 15.4. The lowest BCUT2D eigenvalue weighted by atomic mass is 9.93. The Kier molecular flexibility index (Phi) is 5.75. The lowest BCUT2D eigenvalue weighted by Gasteiger charge is -2.33. The first kappa shape index (κ1) is 17.8. The zero-order valence-corrected chi connectivity index (χ0v) is 16.2. The van der Waals surface area contributed by atoms with Gasteiger partial charge in [-0.1, -0.05) is 19.3 Å². The van der Waals surface area contributed by atoms with Crippen LogP contribution in [0.3, 0.4) is 0 Å². The molecule has 0 atom stereocenters. The van der Waals surface area contributed by atoms with Crippen molar-refractivity contribution in [1.82, 2.24) is 9.80 Å². The van der Waals surface area contributed by atoms with Crippen LogP contribution in [0, 0.1) is 0 Å². The highest BCUT2D eigenvalue weighted by atomic mass is 32.1. The number of hydrogen-bond donors (Lipinski definition) is 0. The van der Waals surface area contributed by atoms with E-state index in [4.69, 9.17) is 4.42 Å². The van der Waals surface area contributed by atoms with E-state index in [1.807, 2.05) is 12.1 Å². The predicted molar refractivity (Wildman–Crippen MR) is 104 cm³/mol. The first-order valence-corrected chi connectivity index (χ1v) is 10.9. The standard InChI is InChI=1S/C21H28N2O2S/c24-21(20-9-8-19(25-20)15-22-11-4-5-12-22)23(14-17-10-13-26-16-17)18-6-2-1-3-7-18/h8-10,13,16,18H,1-7,11-12,14-15H2. The minimum Gasteiger partial charge on any atom is -0.455 e. The molecule has 4 rings (SSSR count). The van der Waals surface area contributed by atoms with Gasteiger partial charge in [0.25, 0.3) is 5.91 Å². The maximum absolute atomic E-state index is 13.2. The van der Waals surface area contributed by atoms with Crippen molar-refractivity contribution in [2.75, 3.05) is 13.1 Å². The third kappa shape index (κ3) is 4.21. The molecule has 1 aliphatic heterocycles. The quantitative estimate of drug-likeness (QED) is 0.723. The third-order valence-corrected chi connectivity index (χ3v) is 6.39. The van der Waals surface area contributed by atoms with E-state index < -0.39 is 0 Å². The molecule has 2 aliphatic rings. The van der Waals surface area contributed by atoms with E-state index in [-0.39, 0.29) is 5.91 Å². The molecule has 1 amide bonds. The Hall–Kier alpha value is -1.59. The van der Waals surface area contributed by atoms with Gasteiger partial charge in [0, 0.05) is 12.6 Å². The number of furan rings is 1. The van der Waals surface area contributed by atoms with Gasteiger partial charge in [-0.15, -0.1) is 0 Å². The second-order valence-electron chi connectivity index (χ2n) is 7.61. The molecule has 2 fully saturated rings. The first-order valence-electron chi connectivity index (χ1n) is 9.93. The van der Waals surface area contributed by atoms with Gasteiger partial charge < -0.3 is 9.32 Å². The van der Waals surface area contributed by atoms with Gasteiger partial charge in [-0.3, -0.25) is 9.69 Å². The van der Waals surface area contributed by atoms with Gasteiger partial charge in [0.05, 0.1) is 6.54 Å². The molecule has 5 heteroatoms. The smallest absolute Gasteiger partial charge is 0.290 e. The summed E-state index contributed by atoms with van der Waals surface area (Å²) in [5, 5.41) is 4.23. The molecule has 0 radical (unpaired) electrons. The maximum atomic E-state index is 13.2. The summed E-state index contributed by atoms with van der Waals surface area (Å²) >= 11 is 1.69. The monoisotopic (exact) mass is 372 g/mol. The average molecular weight is 373 g/mol. The molecule has 0 spiro atoms. The van der Waals surface area contributed by atoms with Crippen LogP contribution in [-0.2, 0) is 13.1 Å². The van der Waals surface area contributed by atoms with Crippen molar-refractivity contribution in [3.8, 4) is 0 Å². The normalized spacial score (nSPS) is 19.1. The van der Waals surface area contributed by atoms with Crippen molar-refractivity contribution in [3.05, 3.63) is 46.0 Å². The van der Waals surface area contributed by atoms with Crippen LogP contribution in [0.5, 0.6) is 0 Å². The summed E-state index contributed by atoms with van der Waals surface area (Å²) in [7, 11) is 0. The second-order valence-corrected chi connectivity index (χ2v) is 8.39. The molecule has 0 unspecified atom stereocenters. The van der Waals surface area contributed by atoms with Gasteiger partial charge in [0.1, 0.15) is 5.76 Å². The summed E-state index contributed by atoms with van der Waals surface area (Å²) in [6, 6.07) is 6.31. The minimum absolute atomic E-state index is 0.0516. The lowest BCUT2D eigenvalue weighted by Crippen LogP contribution is -2.40. The Morgan fingerprint density at radius 1 is 1.12 bits per heavy atom. The summed E-state index contributed by atoms with van der Waals surface area (Å²) in [5.41, 5.74) is 1.22. The van der Waals surface area contributed by atoms with Crippen molar-refractivity contribution in [2.45, 2.75) is 64.1 Å². The first-order chi connectivity index (χ1) is 12.8. The molecule has 1 saturated heterocycles. The summed E-state index contributed by atoms with van der Waals surface area (Å²) in [4.78, 5) is 17.7. The summed E-state index contributed by atoms with van der Waals surface area (Å²) in [5.74, 6) is 1.46. The molecule has 0 aromatic carbocycles. The number of rotatable bonds is 6. The van der Waals surface area contributed by atoms with Gasteiger partial charge in [0.15, 0.2) is 5.76 Å². The van der Waals surface area contributed by atoms with Crippen molar-refractivity contribution in [3.63, 3.8) is 0 Å². The van der Waals surface area contributed by atoms with Gasteiger partial charge in [-0.25, -0.2) is 0 Å². The highest BCUT2D eigenvalue weighted by Crippen LogP contribution is 2.27. The Bertz CT molecular complexity index is 697. The molecule has 140 valence electrons. The number of nitrogens with zero attached hydrogens (tertiary/aromatic N) is 2. The Morgan fingerprint density at radius 2 is 1.92 bits per heavy atom. The molecular weight excluding hydrogens is 344 g/mol. The van der Waals surface area contributed by atoms with Crippen LogP contribution in [0.1, 0.15) is 66.8 Å². The minimum atomic E-state index is 0.0516. The number of likely N-dealkylation sites (tertiary alicyclic amines) is 1. The fourth-order valence-corrected chi connectivity index (χ4v) is 4.88. The van der Waals surface area contributed by atoms with Crippen LogP contribution in [0.2, 0.25) is 0 Å². The lowest BCUT2D eigenvalue weighted by molar-refractivity contribution is 0.0578. The molecule has 2 aromatic heterocycles. The number of carbonyl (C=O) groups is 1. The molecule has 0 bridgehead atoms. The molecule has 1 aliphatic carbocycles. The van der Waals surface area contributed by atoms with E-state index in [1.54, 1.807) is 11.3 Å². The predicted octanol–water partition coefficient (Wildman–Crippen LogP) is 4.91. The van der Waals surface area contributed by atoms with Crippen molar-refractivity contribution in [1.29, 1.82) is 0 Å². The van der Waals surface area contributed by atoms with E-state index in [1.165, 1.54) is 37.7 Å². The number of carbonyl (C=O) groups excluding carboxylic acids is 1. The molecule has 3 heterocycles. The van der Waals surface area contributed by atoms with Crippen LogP contribution in [-0.4, -0.2) is 34.8 Å². The van der Waals surface area contributed by atoms with E-state index >= 15 is 0 Å². The topological polar surface area (TPSA) is 36.7 Å². The Labute approximate surface area is 159 Å². The summed E-state index contributed by atoms with van der Waals surface area (Å²) in [6.45, 7) is 3.78. The number of amides is 1.